The molecule has 0 saturated heterocycles. The van der Waals surface area contributed by atoms with E-state index < -0.39 is 11.7 Å². The predicted molar refractivity (Wildman–Crippen MR) is 95.2 cm³/mol. The molecule has 0 unspecified atom stereocenters. The van der Waals surface area contributed by atoms with Crippen LogP contribution < -0.4 is 5.43 Å². The Kier molecular flexibility index (Phi) is 5.33. The molecule has 2 aromatic rings. The Morgan fingerprint density at radius 1 is 1.00 bits per heavy atom. The maximum atomic E-state index is 12.8. The Bertz CT molecular complexity index is 747. The number of halogens is 4. The van der Waals surface area contributed by atoms with Gasteiger partial charge in [-0.2, -0.15) is 18.3 Å². The minimum Gasteiger partial charge on any atom is -0.277 e. The van der Waals surface area contributed by atoms with Gasteiger partial charge in [0.05, 0.1) is 16.3 Å². The van der Waals surface area contributed by atoms with Gasteiger partial charge in [-0.3, -0.25) is 5.43 Å². The normalized spacial score (nSPS) is 18.1. The largest absolute Gasteiger partial charge is 0.416 e. The number of anilines is 1. The fourth-order valence-electron chi connectivity index (χ4n) is 3.05. The number of hydrazone groups is 1. The first-order chi connectivity index (χ1) is 11.9. The second kappa shape index (κ2) is 7.48. The summed E-state index contributed by atoms with van der Waals surface area (Å²) in [6.45, 7) is 0. The summed E-state index contributed by atoms with van der Waals surface area (Å²) in [6, 6.07) is 13.5. The van der Waals surface area contributed by atoms with Gasteiger partial charge in [-0.1, -0.05) is 41.9 Å². The van der Waals surface area contributed by atoms with Crippen LogP contribution in [0.15, 0.2) is 53.6 Å². The lowest BCUT2D eigenvalue weighted by molar-refractivity contribution is -0.137. The molecule has 0 heterocycles. The monoisotopic (exact) mass is 366 g/mol. The number of hydrogen-bond donors (Lipinski definition) is 1. The van der Waals surface area contributed by atoms with Gasteiger partial charge in [-0.15, -0.1) is 0 Å². The molecule has 6 heteroatoms. The summed E-state index contributed by atoms with van der Waals surface area (Å²) in [4.78, 5) is 0. The van der Waals surface area contributed by atoms with Gasteiger partial charge >= 0.3 is 6.18 Å². The van der Waals surface area contributed by atoms with Crippen molar-refractivity contribution < 1.29 is 13.2 Å². The van der Waals surface area contributed by atoms with E-state index in [1.165, 1.54) is 11.6 Å². The van der Waals surface area contributed by atoms with Gasteiger partial charge < -0.3 is 0 Å². The van der Waals surface area contributed by atoms with Gasteiger partial charge in [0.1, 0.15) is 0 Å². The quantitative estimate of drug-likeness (QED) is 0.617. The molecule has 2 aromatic carbocycles. The van der Waals surface area contributed by atoms with Crippen molar-refractivity contribution in [1.82, 2.24) is 0 Å². The summed E-state index contributed by atoms with van der Waals surface area (Å²) in [6.07, 6.45) is -0.782. The van der Waals surface area contributed by atoms with Crippen LogP contribution in [0.5, 0.6) is 0 Å². The van der Waals surface area contributed by atoms with E-state index in [0.29, 0.717) is 5.92 Å². The van der Waals surface area contributed by atoms with Crippen molar-refractivity contribution in [2.24, 2.45) is 5.10 Å². The molecular formula is C19H18ClF3N2. The highest BCUT2D eigenvalue weighted by Crippen LogP contribution is 2.34. The summed E-state index contributed by atoms with van der Waals surface area (Å²) in [5, 5.41) is 4.50. The third-order valence-electron chi connectivity index (χ3n) is 4.46. The van der Waals surface area contributed by atoms with Crippen molar-refractivity contribution in [3.8, 4) is 0 Å². The first-order valence-corrected chi connectivity index (χ1v) is 8.54. The smallest absolute Gasteiger partial charge is 0.277 e. The molecular weight excluding hydrogens is 349 g/mol. The first-order valence-electron chi connectivity index (χ1n) is 8.16. The molecule has 0 amide bonds. The number of rotatable bonds is 3. The molecule has 0 bridgehead atoms. The molecule has 3 rings (SSSR count). The zero-order chi connectivity index (χ0) is 17.9. The molecule has 132 valence electrons. The Hall–Kier alpha value is -2.01. The highest BCUT2D eigenvalue weighted by molar-refractivity contribution is 6.33. The average molecular weight is 367 g/mol. The third-order valence-corrected chi connectivity index (χ3v) is 4.79. The molecule has 25 heavy (non-hydrogen) atoms. The van der Waals surface area contributed by atoms with Crippen molar-refractivity contribution in [2.75, 3.05) is 5.43 Å². The molecule has 0 atom stereocenters. The molecule has 0 aliphatic heterocycles. The van der Waals surface area contributed by atoms with Crippen molar-refractivity contribution in [3.63, 3.8) is 0 Å². The third kappa shape index (κ3) is 4.54. The van der Waals surface area contributed by atoms with Crippen molar-refractivity contribution >= 4 is 23.0 Å². The van der Waals surface area contributed by atoms with Gasteiger partial charge in [-0.25, -0.2) is 0 Å². The Morgan fingerprint density at radius 2 is 1.68 bits per heavy atom. The van der Waals surface area contributed by atoms with Crippen molar-refractivity contribution in [1.29, 1.82) is 0 Å². The van der Waals surface area contributed by atoms with E-state index in [9.17, 15) is 13.2 Å². The lowest BCUT2D eigenvalue weighted by Crippen LogP contribution is -2.14. The molecule has 0 spiro atoms. The summed E-state index contributed by atoms with van der Waals surface area (Å²) < 4.78 is 38.4. The first kappa shape index (κ1) is 17.8. The number of nitrogens with zero attached hydrogens (tertiary/aromatic N) is 1. The van der Waals surface area contributed by atoms with Crippen LogP contribution in [0.2, 0.25) is 5.02 Å². The van der Waals surface area contributed by atoms with E-state index in [-0.39, 0.29) is 10.7 Å². The van der Waals surface area contributed by atoms with Gasteiger partial charge in [0.25, 0.3) is 0 Å². The van der Waals surface area contributed by atoms with Gasteiger partial charge in [0.15, 0.2) is 0 Å². The van der Waals surface area contributed by atoms with E-state index in [1.807, 2.05) is 18.2 Å². The van der Waals surface area contributed by atoms with Crippen molar-refractivity contribution in [3.05, 3.63) is 64.7 Å². The van der Waals surface area contributed by atoms with E-state index >= 15 is 0 Å². The number of nitrogens with one attached hydrogen (secondary N) is 1. The molecule has 2 nitrogen and oxygen atoms in total. The maximum absolute atomic E-state index is 12.8. The highest BCUT2D eigenvalue weighted by Gasteiger charge is 2.31. The van der Waals surface area contributed by atoms with Crippen molar-refractivity contribution in [2.45, 2.75) is 37.8 Å². The Morgan fingerprint density at radius 3 is 2.32 bits per heavy atom. The van der Waals surface area contributed by atoms with Gasteiger partial charge in [0, 0.05) is 5.71 Å². The predicted octanol–water partition coefficient (Wildman–Crippen LogP) is 6.48. The standard InChI is InChI=1S/C19H18ClF3N2/c20-17-11-8-15(19(21,22)23)12-18(17)25-24-16-9-6-14(7-10-16)13-4-2-1-3-5-13/h1-5,8,11-12,14,25H,6-7,9-10H2. The number of hydrogen-bond acceptors (Lipinski definition) is 2. The summed E-state index contributed by atoms with van der Waals surface area (Å²) in [5.74, 6) is 0.511. The van der Waals surface area contributed by atoms with Crippen LogP contribution in [0.4, 0.5) is 18.9 Å². The molecule has 1 fully saturated rings. The summed E-state index contributed by atoms with van der Waals surface area (Å²) in [7, 11) is 0. The van der Waals surface area contributed by atoms with E-state index in [0.717, 1.165) is 43.5 Å². The Balaban J connectivity index is 1.64. The zero-order valence-corrected chi connectivity index (χ0v) is 14.2. The van der Waals surface area contributed by atoms with Crippen LogP contribution in [-0.2, 0) is 6.18 Å². The van der Waals surface area contributed by atoms with Gasteiger partial charge in [0.2, 0.25) is 0 Å². The number of alkyl halides is 3. The van der Waals surface area contributed by atoms with Crippen LogP contribution >= 0.6 is 11.6 Å². The maximum Gasteiger partial charge on any atom is 0.416 e. The second-order valence-corrected chi connectivity index (χ2v) is 6.57. The van der Waals surface area contributed by atoms with Crippen LogP contribution in [-0.4, -0.2) is 5.71 Å². The Labute approximate surface area is 149 Å². The fraction of sp³-hybridized carbons (Fsp3) is 0.316. The lowest BCUT2D eigenvalue weighted by atomic mass is 9.83. The van der Waals surface area contributed by atoms with E-state index in [1.54, 1.807) is 0 Å². The van der Waals surface area contributed by atoms with Crippen LogP contribution in [0.25, 0.3) is 0 Å². The minimum atomic E-state index is -4.40. The van der Waals surface area contributed by atoms with E-state index in [4.69, 9.17) is 11.6 Å². The molecule has 0 radical (unpaired) electrons. The van der Waals surface area contributed by atoms with Crippen LogP contribution in [0.1, 0.15) is 42.7 Å². The van der Waals surface area contributed by atoms with Gasteiger partial charge in [-0.05, 0) is 55.4 Å². The lowest BCUT2D eigenvalue weighted by Gasteiger charge is -2.23. The zero-order valence-electron chi connectivity index (χ0n) is 13.5. The molecule has 0 aromatic heterocycles. The topological polar surface area (TPSA) is 24.4 Å². The highest BCUT2D eigenvalue weighted by atomic mass is 35.5. The average Bonchev–Trinajstić information content (AvgIpc) is 2.61. The molecule has 1 aliphatic carbocycles. The van der Waals surface area contributed by atoms with Crippen LogP contribution in [0.3, 0.4) is 0 Å². The van der Waals surface area contributed by atoms with E-state index in [2.05, 4.69) is 22.7 Å². The fourth-order valence-corrected chi connectivity index (χ4v) is 3.21. The summed E-state index contributed by atoms with van der Waals surface area (Å²) in [5.41, 5.74) is 4.43. The SMILES string of the molecule is FC(F)(F)c1ccc(Cl)c(NN=C2CCC(c3ccccc3)CC2)c1. The van der Waals surface area contributed by atoms with Crippen LogP contribution in [0, 0.1) is 0 Å². The number of benzene rings is 2. The molecule has 1 saturated carbocycles. The summed E-state index contributed by atoms with van der Waals surface area (Å²) >= 11 is 5.97. The minimum absolute atomic E-state index is 0.175. The molecule has 1 N–H and O–H groups in total. The molecule has 1 aliphatic rings. The second-order valence-electron chi connectivity index (χ2n) is 6.17.